The van der Waals surface area contributed by atoms with Crippen LogP contribution in [0.4, 0.5) is 0 Å². The largest absolute Gasteiger partial charge is 0.366 e. The second-order valence-electron chi connectivity index (χ2n) is 3.81. The third-order valence-electron chi connectivity index (χ3n) is 2.79. The molecule has 2 unspecified atom stereocenters. The molecule has 1 aromatic rings. The highest BCUT2D eigenvalue weighted by Gasteiger charge is 2.31. The number of hydrogen-bond donors (Lipinski definition) is 1. The Morgan fingerprint density at radius 2 is 2.47 bits per heavy atom. The van der Waals surface area contributed by atoms with Gasteiger partial charge in [-0.3, -0.25) is 4.79 Å². The molecule has 0 bridgehead atoms. The van der Waals surface area contributed by atoms with E-state index in [1.807, 2.05) is 18.4 Å². The Hall–Kier alpha value is -0.710. The van der Waals surface area contributed by atoms with Crippen LogP contribution in [0.25, 0.3) is 0 Å². The zero-order chi connectivity index (χ0) is 10.8. The van der Waals surface area contributed by atoms with Crippen LogP contribution in [0, 0.1) is 6.92 Å². The molecule has 15 heavy (non-hydrogen) atoms. The van der Waals surface area contributed by atoms with E-state index in [4.69, 9.17) is 10.5 Å². The Labute approximate surface area is 93.2 Å². The van der Waals surface area contributed by atoms with E-state index < -0.39 is 0 Å². The van der Waals surface area contributed by atoms with Gasteiger partial charge < -0.3 is 10.5 Å². The van der Waals surface area contributed by atoms with E-state index >= 15 is 0 Å². The van der Waals surface area contributed by atoms with E-state index in [0.29, 0.717) is 6.54 Å². The molecule has 0 aromatic carbocycles. The average molecular weight is 225 g/mol. The summed E-state index contributed by atoms with van der Waals surface area (Å²) < 4.78 is 5.58. The van der Waals surface area contributed by atoms with Crippen molar-refractivity contribution in [3.05, 3.63) is 21.9 Å². The van der Waals surface area contributed by atoms with Crippen molar-refractivity contribution in [3.8, 4) is 0 Å². The fourth-order valence-electron chi connectivity index (χ4n) is 1.89. The molecule has 2 rings (SSSR count). The van der Waals surface area contributed by atoms with Gasteiger partial charge in [0.25, 0.3) is 0 Å². The highest BCUT2D eigenvalue weighted by molar-refractivity contribution is 7.10. The van der Waals surface area contributed by atoms with E-state index in [2.05, 4.69) is 0 Å². The molecule has 0 amide bonds. The van der Waals surface area contributed by atoms with Crippen molar-refractivity contribution in [2.24, 2.45) is 5.73 Å². The van der Waals surface area contributed by atoms with Gasteiger partial charge in [0.05, 0.1) is 6.10 Å². The van der Waals surface area contributed by atoms with Gasteiger partial charge in [0, 0.05) is 17.0 Å². The molecule has 2 N–H and O–H groups in total. The minimum absolute atomic E-state index is 0.0675. The second-order valence-corrected chi connectivity index (χ2v) is 4.93. The lowest BCUT2D eigenvalue weighted by Gasteiger charge is -2.10. The van der Waals surface area contributed by atoms with Crippen LogP contribution >= 0.6 is 11.3 Å². The second kappa shape index (κ2) is 4.43. The van der Waals surface area contributed by atoms with Crippen molar-refractivity contribution >= 4 is 17.1 Å². The van der Waals surface area contributed by atoms with Gasteiger partial charge in [-0.15, -0.1) is 11.3 Å². The van der Waals surface area contributed by atoms with Crippen LogP contribution in [0.2, 0.25) is 0 Å². The van der Waals surface area contributed by atoms with E-state index in [1.165, 1.54) is 0 Å². The summed E-state index contributed by atoms with van der Waals surface area (Å²) in [5.74, 6) is 0.115. The molecule has 1 saturated heterocycles. The zero-order valence-corrected chi connectivity index (χ0v) is 9.55. The predicted molar refractivity (Wildman–Crippen MR) is 60.3 cm³/mol. The normalized spacial score (nSPS) is 25.7. The van der Waals surface area contributed by atoms with Gasteiger partial charge in [0.2, 0.25) is 0 Å². The summed E-state index contributed by atoms with van der Waals surface area (Å²) in [5.41, 5.74) is 6.32. The topological polar surface area (TPSA) is 52.3 Å². The summed E-state index contributed by atoms with van der Waals surface area (Å²) in [7, 11) is 0. The van der Waals surface area contributed by atoms with Gasteiger partial charge in [-0.1, -0.05) is 0 Å². The molecule has 0 aliphatic carbocycles. The van der Waals surface area contributed by atoms with Gasteiger partial charge in [-0.2, -0.15) is 0 Å². The minimum Gasteiger partial charge on any atom is -0.366 e. The summed E-state index contributed by atoms with van der Waals surface area (Å²) in [5, 5.41) is 1.94. The molecule has 4 heteroatoms. The van der Waals surface area contributed by atoms with Crippen LogP contribution in [-0.2, 0) is 4.74 Å². The Morgan fingerprint density at radius 3 is 3.00 bits per heavy atom. The van der Waals surface area contributed by atoms with Gasteiger partial charge in [-0.05, 0) is 31.2 Å². The highest BCUT2D eigenvalue weighted by Crippen LogP contribution is 2.25. The van der Waals surface area contributed by atoms with Crippen molar-refractivity contribution in [1.29, 1.82) is 0 Å². The lowest BCUT2D eigenvalue weighted by Crippen LogP contribution is -2.25. The van der Waals surface area contributed by atoms with Crippen LogP contribution in [0.5, 0.6) is 0 Å². The summed E-state index contributed by atoms with van der Waals surface area (Å²) in [4.78, 5) is 13.1. The molecule has 2 heterocycles. The van der Waals surface area contributed by atoms with Crippen molar-refractivity contribution in [2.75, 3.05) is 6.54 Å². The van der Waals surface area contributed by atoms with Crippen LogP contribution < -0.4 is 5.73 Å². The first-order chi connectivity index (χ1) is 7.22. The Kier molecular flexibility index (Phi) is 3.19. The predicted octanol–water partition coefficient (Wildman–Crippen LogP) is 1.75. The Balaban J connectivity index is 2.07. The number of Topliss-reactive ketones (excluding diaryl/α,β-unsaturated/α-hetero) is 1. The van der Waals surface area contributed by atoms with Crippen molar-refractivity contribution in [3.63, 3.8) is 0 Å². The number of ketones is 1. The van der Waals surface area contributed by atoms with E-state index in [0.717, 1.165) is 23.3 Å². The van der Waals surface area contributed by atoms with Crippen molar-refractivity contribution in [2.45, 2.75) is 32.0 Å². The standard InChI is InChI=1S/C11H15NO2S/c1-7-9(4-5-15-7)11(13)10-3-2-8(6-12)14-10/h4-5,8,10H,2-3,6,12H2,1H3. The number of carbonyl (C=O) groups is 1. The molecule has 1 fully saturated rings. The molecule has 1 aliphatic heterocycles. The van der Waals surface area contributed by atoms with Crippen molar-refractivity contribution in [1.82, 2.24) is 0 Å². The number of carbonyl (C=O) groups excluding carboxylic acids is 1. The number of rotatable bonds is 3. The van der Waals surface area contributed by atoms with Gasteiger partial charge in [0.15, 0.2) is 5.78 Å². The van der Waals surface area contributed by atoms with E-state index in [-0.39, 0.29) is 18.0 Å². The maximum Gasteiger partial charge on any atom is 0.192 e. The molecule has 3 nitrogen and oxygen atoms in total. The molecule has 82 valence electrons. The van der Waals surface area contributed by atoms with E-state index in [1.54, 1.807) is 11.3 Å². The number of ether oxygens (including phenoxy) is 1. The minimum atomic E-state index is -0.271. The maximum atomic E-state index is 12.0. The summed E-state index contributed by atoms with van der Waals surface area (Å²) in [6, 6.07) is 1.88. The fourth-order valence-corrected chi connectivity index (χ4v) is 2.59. The average Bonchev–Trinajstić information content (AvgIpc) is 2.84. The zero-order valence-electron chi connectivity index (χ0n) is 8.73. The number of nitrogens with two attached hydrogens (primary N) is 1. The maximum absolute atomic E-state index is 12.0. The first-order valence-corrected chi connectivity index (χ1v) is 6.04. The van der Waals surface area contributed by atoms with Gasteiger partial charge >= 0.3 is 0 Å². The first kappa shape index (κ1) is 10.8. The molecule has 2 atom stereocenters. The van der Waals surface area contributed by atoms with Gasteiger partial charge in [0.1, 0.15) is 6.10 Å². The number of thiophene rings is 1. The number of aryl methyl sites for hydroxylation is 1. The summed E-state index contributed by atoms with van der Waals surface area (Å²) in [6.45, 7) is 2.47. The first-order valence-electron chi connectivity index (χ1n) is 5.16. The lowest BCUT2D eigenvalue weighted by atomic mass is 10.0. The molecule has 1 aromatic heterocycles. The van der Waals surface area contributed by atoms with E-state index in [9.17, 15) is 4.79 Å². The summed E-state index contributed by atoms with van der Waals surface area (Å²) >= 11 is 1.60. The lowest BCUT2D eigenvalue weighted by molar-refractivity contribution is 0.0404. The molecular weight excluding hydrogens is 210 g/mol. The Bertz CT molecular complexity index is 361. The van der Waals surface area contributed by atoms with Gasteiger partial charge in [-0.25, -0.2) is 0 Å². The Morgan fingerprint density at radius 1 is 1.67 bits per heavy atom. The molecule has 0 saturated carbocycles. The number of hydrogen-bond acceptors (Lipinski definition) is 4. The van der Waals surface area contributed by atoms with Crippen LogP contribution in [0.15, 0.2) is 11.4 Å². The van der Waals surface area contributed by atoms with Crippen LogP contribution in [-0.4, -0.2) is 24.5 Å². The third-order valence-corrected chi connectivity index (χ3v) is 3.63. The van der Waals surface area contributed by atoms with Crippen LogP contribution in [0.3, 0.4) is 0 Å². The smallest absolute Gasteiger partial charge is 0.192 e. The molecule has 0 spiro atoms. The molecule has 1 aliphatic rings. The molecule has 0 radical (unpaired) electrons. The SMILES string of the molecule is Cc1sccc1C(=O)C1CCC(CN)O1. The summed E-state index contributed by atoms with van der Waals surface area (Å²) in [6.07, 6.45) is 1.50. The quantitative estimate of drug-likeness (QED) is 0.797. The highest BCUT2D eigenvalue weighted by atomic mass is 32.1. The fraction of sp³-hybridized carbons (Fsp3) is 0.545. The monoisotopic (exact) mass is 225 g/mol. The van der Waals surface area contributed by atoms with Crippen LogP contribution in [0.1, 0.15) is 28.1 Å². The third kappa shape index (κ3) is 2.12. The molecular formula is C11H15NO2S. The van der Waals surface area contributed by atoms with Crippen molar-refractivity contribution < 1.29 is 9.53 Å².